The number of benzene rings is 1. The maximum atomic E-state index is 11.3. The molecular formula is C11H9N2O2. The molecule has 1 radical (unpaired) electrons. The van der Waals surface area contributed by atoms with Crippen molar-refractivity contribution < 1.29 is 9.53 Å². The molecule has 0 fully saturated rings. The first kappa shape index (κ1) is 9.45. The SMILES string of the molecule is COC(=O)c1cccc(C2=N[N]C=C2)c1. The molecule has 1 heterocycles. The van der Waals surface area contributed by atoms with Gasteiger partial charge in [0.15, 0.2) is 0 Å². The minimum atomic E-state index is -0.351. The van der Waals surface area contributed by atoms with Gasteiger partial charge in [0, 0.05) is 5.56 Å². The van der Waals surface area contributed by atoms with E-state index < -0.39 is 0 Å². The highest BCUT2D eigenvalue weighted by Crippen LogP contribution is 2.10. The van der Waals surface area contributed by atoms with Gasteiger partial charge in [0.05, 0.1) is 24.6 Å². The first-order valence-corrected chi connectivity index (χ1v) is 4.44. The highest BCUT2D eigenvalue weighted by molar-refractivity contribution is 6.10. The summed E-state index contributed by atoms with van der Waals surface area (Å²) in [6, 6.07) is 7.09. The fourth-order valence-corrected chi connectivity index (χ4v) is 1.31. The van der Waals surface area contributed by atoms with Gasteiger partial charge in [-0.3, -0.25) is 0 Å². The molecule has 0 bridgehead atoms. The molecule has 0 atom stereocenters. The maximum absolute atomic E-state index is 11.3. The molecule has 4 heteroatoms. The Morgan fingerprint density at radius 1 is 1.40 bits per heavy atom. The molecule has 0 spiro atoms. The average molecular weight is 201 g/mol. The van der Waals surface area contributed by atoms with Crippen LogP contribution in [0.3, 0.4) is 0 Å². The molecule has 0 saturated carbocycles. The van der Waals surface area contributed by atoms with E-state index in [4.69, 9.17) is 0 Å². The van der Waals surface area contributed by atoms with Crippen molar-refractivity contribution in [1.29, 1.82) is 0 Å². The topological polar surface area (TPSA) is 52.8 Å². The highest BCUT2D eigenvalue weighted by atomic mass is 16.5. The summed E-state index contributed by atoms with van der Waals surface area (Å²) < 4.78 is 4.63. The van der Waals surface area contributed by atoms with Crippen molar-refractivity contribution in [3.63, 3.8) is 0 Å². The van der Waals surface area contributed by atoms with E-state index >= 15 is 0 Å². The Morgan fingerprint density at radius 2 is 2.27 bits per heavy atom. The quantitative estimate of drug-likeness (QED) is 0.677. The molecule has 1 aromatic rings. The van der Waals surface area contributed by atoms with Crippen LogP contribution < -0.4 is 5.43 Å². The number of ether oxygens (including phenoxy) is 1. The van der Waals surface area contributed by atoms with Gasteiger partial charge in [-0.05, 0) is 18.2 Å². The van der Waals surface area contributed by atoms with Crippen molar-refractivity contribution in [3.05, 3.63) is 47.7 Å². The lowest BCUT2D eigenvalue weighted by Crippen LogP contribution is -2.03. The summed E-state index contributed by atoms with van der Waals surface area (Å²) in [5.41, 5.74) is 5.85. The molecule has 0 N–H and O–H groups in total. The van der Waals surface area contributed by atoms with Crippen molar-refractivity contribution in [3.8, 4) is 0 Å². The number of methoxy groups -OCH3 is 1. The van der Waals surface area contributed by atoms with Crippen LogP contribution in [0.15, 0.2) is 41.6 Å². The Kier molecular flexibility index (Phi) is 2.49. The van der Waals surface area contributed by atoms with Gasteiger partial charge in [-0.2, -0.15) is 10.5 Å². The molecule has 1 aromatic carbocycles. The molecular weight excluding hydrogens is 192 g/mol. The van der Waals surface area contributed by atoms with Crippen LogP contribution in [-0.4, -0.2) is 18.8 Å². The van der Waals surface area contributed by atoms with Crippen LogP contribution in [-0.2, 0) is 4.74 Å². The molecule has 0 aromatic heterocycles. The van der Waals surface area contributed by atoms with Crippen LogP contribution in [0.2, 0.25) is 0 Å². The number of esters is 1. The summed E-state index contributed by atoms with van der Waals surface area (Å²) >= 11 is 0. The summed E-state index contributed by atoms with van der Waals surface area (Å²) in [4.78, 5) is 11.3. The van der Waals surface area contributed by atoms with Gasteiger partial charge in [-0.15, -0.1) is 0 Å². The molecule has 0 aliphatic carbocycles. The summed E-state index contributed by atoms with van der Waals surface area (Å²) in [6.45, 7) is 0. The standard InChI is InChI=1S/C11H9N2O2/c1-15-11(14)9-4-2-3-8(7-9)10-5-6-12-13-10/h2-7H,1H3. The summed E-state index contributed by atoms with van der Waals surface area (Å²) in [5.74, 6) is -0.351. The Morgan fingerprint density at radius 3 is 2.93 bits per heavy atom. The molecule has 15 heavy (non-hydrogen) atoms. The number of carbonyl (C=O) groups excluding carboxylic acids is 1. The van der Waals surface area contributed by atoms with Gasteiger partial charge < -0.3 is 4.74 Å². The predicted octanol–water partition coefficient (Wildman–Crippen LogP) is 1.31. The molecule has 4 nitrogen and oxygen atoms in total. The fraction of sp³-hybridized carbons (Fsp3) is 0.0909. The minimum Gasteiger partial charge on any atom is -0.465 e. The van der Waals surface area contributed by atoms with Gasteiger partial charge >= 0.3 is 5.97 Å². The van der Waals surface area contributed by atoms with Crippen LogP contribution in [0.5, 0.6) is 0 Å². The number of hydrogen-bond donors (Lipinski definition) is 0. The van der Waals surface area contributed by atoms with E-state index in [1.807, 2.05) is 6.07 Å². The third-order valence-corrected chi connectivity index (χ3v) is 2.04. The number of hydrogen-bond acceptors (Lipinski definition) is 3. The Labute approximate surface area is 87.3 Å². The van der Waals surface area contributed by atoms with Crippen LogP contribution in [0.4, 0.5) is 0 Å². The lowest BCUT2D eigenvalue weighted by molar-refractivity contribution is 0.0600. The monoisotopic (exact) mass is 201 g/mol. The lowest BCUT2D eigenvalue weighted by atomic mass is 10.1. The minimum absolute atomic E-state index is 0.351. The predicted molar refractivity (Wildman–Crippen MR) is 55.6 cm³/mol. The van der Waals surface area contributed by atoms with Gasteiger partial charge in [0.25, 0.3) is 0 Å². The van der Waals surface area contributed by atoms with Crippen LogP contribution in [0, 0.1) is 0 Å². The van der Waals surface area contributed by atoms with Gasteiger partial charge in [-0.25, -0.2) is 4.79 Å². The number of carbonyl (C=O) groups is 1. The van der Waals surface area contributed by atoms with E-state index in [2.05, 4.69) is 15.3 Å². The first-order chi connectivity index (χ1) is 7.31. The zero-order valence-electron chi connectivity index (χ0n) is 8.18. The molecule has 0 amide bonds. The lowest BCUT2D eigenvalue weighted by Gasteiger charge is -2.01. The highest BCUT2D eigenvalue weighted by Gasteiger charge is 2.09. The van der Waals surface area contributed by atoms with Gasteiger partial charge in [-0.1, -0.05) is 12.1 Å². The number of allylic oxidation sites excluding steroid dienone is 1. The second-order valence-electron chi connectivity index (χ2n) is 2.99. The zero-order valence-corrected chi connectivity index (χ0v) is 8.18. The number of rotatable bonds is 2. The van der Waals surface area contributed by atoms with Crippen LogP contribution >= 0.6 is 0 Å². The van der Waals surface area contributed by atoms with E-state index in [0.29, 0.717) is 5.56 Å². The second-order valence-corrected chi connectivity index (χ2v) is 2.99. The smallest absolute Gasteiger partial charge is 0.337 e. The fourth-order valence-electron chi connectivity index (χ4n) is 1.31. The maximum Gasteiger partial charge on any atom is 0.337 e. The molecule has 75 valence electrons. The van der Waals surface area contributed by atoms with E-state index in [0.717, 1.165) is 11.3 Å². The Hall–Kier alpha value is -2.10. The van der Waals surface area contributed by atoms with Crippen LogP contribution in [0.1, 0.15) is 15.9 Å². The van der Waals surface area contributed by atoms with Gasteiger partial charge in [0.1, 0.15) is 0 Å². The Balaban J connectivity index is 2.34. The molecule has 1 aliphatic heterocycles. The molecule has 2 rings (SSSR count). The summed E-state index contributed by atoms with van der Waals surface area (Å²) in [7, 11) is 1.36. The third-order valence-electron chi connectivity index (χ3n) is 2.04. The van der Waals surface area contributed by atoms with E-state index in [-0.39, 0.29) is 5.97 Å². The Bertz CT molecular complexity index is 450. The number of nitrogens with zero attached hydrogens (tertiary/aromatic N) is 2. The average Bonchev–Trinajstić information content (AvgIpc) is 2.82. The van der Waals surface area contributed by atoms with E-state index in [1.54, 1.807) is 30.5 Å². The van der Waals surface area contributed by atoms with Crippen LogP contribution in [0.25, 0.3) is 0 Å². The summed E-state index contributed by atoms with van der Waals surface area (Å²) in [5, 5.41) is 3.91. The van der Waals surface area contributed by atoms with E-state index in [1.165, 1.54) is 7.11 Å². The van der Waals surface area contributed by atoms with Crippen molar-refractivity contribution in [2.24, 2.45) is 5.10 Å². The molecule has 0 saturated heterocycles. The van der Waals surface area contributed by atoms with E-state index in [9.17, 15) is 4.79 Å². The largest absolute Gasteiger partial charge is 0.465 e. The molecule has 0 unspecified atom stereocenters. The molecule has 1 aliphatic rings. The first-order valence-electron chi connectivity index (χ1n) is 4.44. The van der Waals surface area contributed by atoms with Crippen molar-refractivity contribution >= 4 is 11.7 Å². The van der Waals surface area contributed by atoms with Crippen molar-refractivity contribution in [2.75, 3.05) is 7.11 Å². The van der Waals surface area contributed by atoms with Gasteiger partial charge in [0.2, 0.25) is 0 Å². The summed E-state index contributed by atoms with van der Waals surface area (Å²) in [6.07, 6.45) is 3.40. The third kappa shape index (κ3) is 1.88. The normalized spacial score (nSPS) is 13.3. The zero-order chi connectivity index (χ0) is 10.7. The van der Waals surface area contributed by atoms with Crippen molar-refractivity contribution in [1.82, 2.24) is 5.43 Å². The van der Waals surface area contributed by atoms with Crippen molar-refractivity contribution in [2.45, 2.75) is 0 Å². The second kappa shape index (κ2) is 3.96.